The average Bonchev–Trinajstić information content (AvgIpc) is 3.54. The van der Waals surface area contributed by atoms with Crippen molar-refractivity contribution >= 4 is 40.3 Å². The third-order valence-electron chi connectivity index (χ3n) is 5.99. The molecule has 0 unspecified atom stereocenters. The number of nitrogens with one attached hydrogen (secondary N) is 3. The van der Waals surface area contributed by atoms with Crippen molar-refractivity contribution in [2.45, 2.75) is 38.4 Å². The second-order valence-electron chi connectivity index (χ2n) is 9.02. The van der Waals surface area contributed by atoms with Gasteiger partial charge >= 0.3 is 6.18 Å². The number of hydrogen-bond donors (Lipinski definition) is 3. The number of hydrogen-bond acceptors (Lipinski definition) is 5. The summed E-state index contributed by atoms with van der Waals surface area (Å²) in [7, 11) is 0. The first-order valence-corrected chi connectivity index (χ1v) is 12.2. The molecule has 0 aliphatic heterocycles. The van der Waals surface area contributed by atoms with E-state index in [4.69, 9.17) is 11.6 Å². The summed E-state index contributed by atoms with van der Waals surface area (Å²) in [6, 6.07) is 14.3. The van der Waals surface area contributed by atoms with E-state index in [1.807, 2.05) is 19.1 Å². The third kappa shape index (κ3) is 5.96. The van der Waals surface area contributed by atoms with E-state index in [0.717, 1.165) is 24.0 Å². The molecule has 2 heterocycles. The van der Waals surface area contributed by atoms with Gasteiger partial charge in [0.2, 0.25) is 0 Å². The van der Waals surface area contributed by atoms with Crippen molar-refractivity contribution in [3.63, 3.8) is 0 Å². The first-order chi connectivity index (χ1) is 17.7. The van der Waals surface area contributed by atoms with Crippen molar-refractivity contribution in [2.75, 3.05) is 17.2 Å². The van der Waals surface area contributed by atoms with Crippen LogP contribution in [0.15, 0.2) is 54.7 Å². The molecule has 2 aromatic carbocycles. The Balaban J connectivity index is 1.50. The first-order valence-electron chi connectivity index (χ1n) is 11.8. The lowest BCUT2D eigenvalue weighted by Crippen LogP contribution is -2.26. The highest BCUT2D eigenvalue weighted by molar-refractivity contribution is 6.30. The van der Waals surface area contributed by atoms with Crippen LogP contribution in [-0.4, -0.2) is 39.3 Å². The lowest BCUT2D eigenvalue weighted by atomic mass is 10.0. The lowest BCUT2D eigenvalue weighted by Gasteiger charge is -2.13. The Bertz CT molecular complexity index is 1450. The third-order valence-corrected chi connectivity index (χ3v) is 6.24. The number of alkyl halides is 3. The Kier molecular flexibility index (Phi) is 6.68. The molecule has 5 rings (SSSR count). The molecule has 0 radical (unpaired) electrons. The molecule has 11 heteroatoms. The molecule has 0 saturated heterocycles. The molecule has 7 nitrogen and oxygen atoms in total. The number of aryl methyl sites for hydroxylation is 1. The number of halogens is 4. The van der Waals surface area contributed by atoms with Crippen LogP contribution >= 0.6 is 11.6 Å². The lowest BCUT2D eigenvalue weighted by molar-refractivity contribution is -0.131. The molecule has 1 aliphatic carbocycles. The maximum absolute atomic E-state index is 12.8. The molecule has 1 saturated carbocycles. The highest BCUT2D eigenvalue weighted by Crippen LogP contribution is 2.30. The number of nitrogens with zero attached hydrogens (tertiary/aromatic N) is 3. The predicted octanol–water partition coefficient (Wildman–Crippen LogP) is 6.36. The van der Waals surface area contributed by atoms with E-state index in [2.05, 4.69) is 26.0 Å². The molecule has 1 fully saturated rings. The van der Waals surface area contributed by atoms with Gasteiger partial charge in [0.05, 0.1) is 24.0 Å². The van der Waals surface area contributed by atoms with Crippen LogP contribution in [0.3, 0.4) is 0 Å². The zero-order valence-electron chi connectivity index (χ0n) is 19.9. The van der Waals surface area contributed by atoms with Gasteiger partial charge in [-0.1, -0.05) is 17.7 Å². The summed E-state index contributed by atoms with van der Waals surface area (Å²) in [5, 5.41) is 14.2. The molecule has 192 valence electrons. The largest absolute Gasteiger partial charge is 0.390 e. The van der Waals surface area contributed by atoms with Crippen molar-refractivity contribution in [1.82, 2.24) is 19.9 Å². The van der Waals surface area contributed by atoms with Gasteiger partial charge in [-0.05, 0) is 61.7 Å². The first kappa shape index (κ1) is 24.9. The normalized spacial score (nSPS) is 13.5. The molecule has 0 bridgehead atoms. The van der Waals surface area contributed by atoms with E-state index in [1.165, 1.54) is 0 Å². The number of rotatable bonds is 8. The molecule has 1 amide bonds. The molecule has 1 aliphatic rings. The Morgan fingerprint density at radius 1 is 1.14 bits per heavy atom. The van der Waals surface area contributed by atoms with E-state index in [-0.39, 0.29) is 18.5 Å². The standard InChI is InChI=1S/C26H24ClF3N6O/c1-15-12-16(2-9-20(15)25(37)34-19-7-8-19)22-14-32-24-21(31-11-10-26(28,29)30)13-23(35-36(22)24)33-18-5-3-17(27)4-6-18/h2-6,9,12-14,19,31H,7-8,10-11H2,1H3,(H,33,35)(H,34,37). The van der Waals surface area contributed by atoms with Gasteiger partial charge < -0.3 is 16.0 Å². The van der Waals surface area contributed by atoms with Crippen LogP contribution in [0.2, 0.25) is 5.02 Å². The van der Waals surface area contributed by atoms with Gasteiger partial charge in [-0.15, -0.1) is 5.10 Å². The van der Waals surface area contributed by atoms with Crippen LogP contribution < -0.4 is 16.0 Å². The van der Waals surface area contributed by atoms with Gasteiger partial charge in [0.15, 0.2) is 11.5 Å². The van der Waals surface area contributed by atoms with E-state index in [0.29, 0.717) is 39.1 Å². The minimum absolute atomic E-state index is 0.103. The van der Waals surface area contributed by atoms with E-state index < -0.39 is 12.6 Å². The van der Waals surface area contributed by atoms with E-state index in [1.54, 1.807) is 47.1 Å². The maximum Gasteiger partial charge on any atom is 0.390 e. The average molecular weight is 529 g/mol. The van der Waals surface area contributed by atoms with Crippen LogP contribution in [0.5, 0.6) is 0 Å². The van der Waals surface area contributed by atoms with Crippen molar-refractivity contribution in [3.8, 4) is 11.3 Å². The maximum atomic E-state index is 12.8. The van der Waals surface area contributed by atoms with Crippen molar-refractivity contribution < 1.29 is 18.0 Å². The molecule has 3 N–H and O–H groups in total. The summed E-state index contributed by atoms with van der Waals surface area (Å²) < 4.78 is 39.9. The topological polar surface area (TPSA) is 83.3 Å². The summed E-state index contributed by atoms with van der Waals surface area (Å²) in [5.74, 6) is 0.300. The summed E-state index contributed by atoms with van der Waals surface area (Å²) >= 11 is 5.97. The van der Waals surface area contributed by atoms with Crippen molar-refractivity contribution in [2.24, 2.45) is 0 Å². The molecule has 37 heavy (non-hydrogen) atoms. The molecule has 0 atom stereocenters. The predicted molar refractivity (Wildman–Crippen MR) is 138 cm³/mol. The van der Waals surface area contributed by atoms with Crippen molar-refractivity contribution in [1.29, 1.82) is 0 Å². The summed E-state index contributed by atoms with van der Waals surface area (Å²) in [5.41, 5.74) is 4.28. The fourth-order valence-corrected chi connectivity index (χ4v) is 4.07. The van der Waals surface area contributed by atoms with E-state index in [9.17, 15) is 18.0 Å². The molecule has 4 aromatic rings. The van der Waals surface area contributed by atoms with Gasteiger partial charge in [-0.25, -0.2) is 9.50 Å². The fourth-order valence-electron chi connectivity index (χ4n) is 3.95. The highest BCUT2D eigenvalue weighted by Gasteiger charge is 2.27. The summed E-state index contributed by atoms with van der Waals surface area (Å²) in [4.78, 5) is 17.0. The summed E-state index contributed by atoms with van der Waals surface area (Å²) in [6.07, 6.45) is -1.66. The Morgan fingerprint density at radius 2 is 1.89 bits per heavy atom. The second-order valence-corrected chi connectivity index (χ2v) is 9.46. The second kappa shape index (κ2) is 9.93. The van der Waals surface area contributed by atoms with Crippen LogP contribution in [-0.2, 0) is 0 Å². The Labute approximate surface area is 216 Å². The van der Waals surface area contributed by atoms with Gasteiger partial charge in [0, 0.05) is 40.5 Å². The number of carbonyl (C=O) groups is 1. The molecular weight excluding hydrogens is 505 g/mol. The zero-order valence-corrected chi connectivity index (χ0v) is 20.6. The SMILES string of the molecule is Cc1cc(-c2cnc3c(NCCC(F)(F)F)cc(Nc4ccc(Cl)cc4)nn23)ccc1C(=O)NC1CC1. The quantitative estimate of drug-likeness (QED) is 0.248. The monoisotopic (exact) mass is 528 g/mol. The van der Waals surface area contributed by atoms with Crippen LogP contribution in [0.25, 0.3) is 16.9 Å². The fraction of sp³-hybridized carbons (Fsp3) is 0.269. The number of imidazole rings is 1. The van der Waals surface area contributed by atoms with Crippen LogP contribution in [0.4, 0.5) is 30.4 Å². The highest BCUT2D eigenvalue weighted by atomic mass is 35.5. The molecule has 2 aromatic heterocycles. The van der Waals surface area contributed by atoms with Gasteiger partial charge in [0.1, 0.15) is 0 Å². The number of benzene rings is 2. The van der Waals surface area contributed by atoms with Gasteiger partial charge in [-0.3, -0.25) is 4.79 Å². The van der Waals surface area contributed by atoms with Crippen LogP contribution in [0.1, 0.15) is 35.2 Å². The van der Waals surface area contributed by atoms with Crippen LogP contribution in [0, 0.1) is 6.92 Å². The Hall–Kier alpha value is -3.79. The zero-order chi connectivity index (χ0) is 26.2. The Morgan fingerprint density at radius 3 is 2.57 bits per heavy atom. The number of aromatic nitrogens is 3. The minimum Gasteiger partial charge on any atom is -0.382 e. The van der Waals surface area contributed by atoms with Gasteiger partial charge in [-0.2, -0.15) is 13.2 Å². The molecule has 0 spiro atoms. The smallest absolute Gasteiger partial charge is 0.382 e. The number of anilines is 3. The number of carbonyl (C=O) groups excluding carboxylic acids is 1. The van der Waals surface area contributed by atoms with Crippen molar-refractivity contribution in [3.05, 3.63) is 70.9 Å². The number of amides is 1. The number of fused-ring (bicyclic) bond motifs is 1. The molecular formula is C26H24ClF3N6O. The minimum atomic E-state index is -4.29. The summed E-state index contributed by atoms with van der Waals surface area (Å²) in [6.45, 7) is 1.55. The van der Waals surface area contributed by atoms with Gasteiger partial charge in [0.25, 0.3) is 5.91 Å². The van der Waals surface area contributed by atoms with E-state index >= 15 is 0 Å².